The van der Waals surface area contributed by atoms with Crippen LogP contribution in [0.4, 0.5) is 0 Å². The van der Waals surface area contributed by atoms with Crippen LogP contribution in [0.1, 0.15) is 15.9 Å². The van der Waals surface area contributed by atoms with Crippen molar-refractivity contribution in [2.24, 2.45) is 0 Å². The van der Waals surface area contributed by atoms with Crippen LogP contribution >= 0.6 is 0 Å². The van der Waals surface area contributed by atoms with Crippen molar-refractivity contribution >= 4 is 5.91 Å². The summed E-state index contributed by atoms with van der Waals surface area (Å²) in [5.41, 5.74) is 1.80. The molecule has 2 N–H and O–H groups in total. The van der Waals surface area contributed by atoms with Gasteiger partial charge < -0.3 is 15.3 Å². The maximum absolute atomic E-state index is 12.2. The molecule has 1 aliphatic heterocycles. The molecule has 1 amide bonds. The van der Waals surface area contributed by atoms with Crippen molar-refractivity contribution in [3.8, 4) is 0 Å². The number of aryl methyl sites for hydroxylation is 1. The molecule has 0 aliphatic carbocycles. The zero-order valence-corrected chi connectivity index (χ0v) is 10.2. The number of hydrogen-bond acceptors (Lipinski definition) is 3. The summed E-state index contributed by atoms with van der Waals surface area (Å²) in [4.78, 5) is 13.8. The summed E-state index contributed by atoms with van der Waals surface area (Å²) >= 11 is 0. The minimum atomic E-state index is -0.477. The van der Waals surface area contributed by atoms with Crippen molar-refractivity contribution < 1.29 is 9.90 Å². The highest BCUT2D eigenvalue weighted by Gasteiger charge is 2.31. The van der Waals surface area contributed by atoms with Crippen LogP contribution in [-0.4, -0.2) is 48.2 Å². The Morgan fingerprint density at radius 1 is 1.35 bits per heavy atom. The topological polar surface area (TPSA) is 52.6 Å². The molecule has 1 aliphatic rings. The third kappa shape index (κ3) is 2.48. The lowest BCUT2D eigenvalue weighted by atomic mass is 10.1. The normalized spacial score (nSPS) is 23.7. The molecule has 0 unspecified atom stereocenters. The van der Waals surface area contributed by atoms with Crippen LogP contribution in [0.25, 0.3) is 0 Å². The molecule has 1 saturated heterocycles. The molecule has 0 spiro atoms. The number of nitrogens with zero attached hydrogens (tertiary/aromatic N) is 1. The summed E-state index contributed by atoms with van der Waals surface area (Å²) in [6, 6.07) is 7.35. The van der Waals surface area contributed by atoms with Gasteiger partial charge in [0.15, 0.2) is 0 Å². The second-order valence-electron chi connectivity index (χ2n) is 4.58. The Bertz CT molecular complexity index is 402. The first-order chi connectivity index (χ1) is 8.09. The first kappa shape index (κ1) is 12.1. The Kier molecular flexibility index (Phi) is 3.45. The molecule has 1 aromatic rings. The van der Waals surface area contributed by atoms with Gasteiger partial charge in [-0.2, -0.15) is 0 Å². The Morgan fingerprint density at radius 3 is 2.53 bits per heavy atom. The van der Waals surface area contributed by atoms with Gasteiger partial charge in [0.2, 0.25) is 0 Å². The molecule has 17 heavy (non-hydrogen) atoms. The minimum absolute atomic E-state index is 0.0437. The average molecular weight is 234 g/mol. The van der Waals surface area contributed by atoms with Crippen LogP contribution < -0.4 is 5.32 Å². The van der Waals surface area contributed by atoms with Crippen LogP contribution in [0.2, 0.25) is 0 Å². The summed E-state index contributed by atoms with van der Waals surface area (Å²) in [7, 11) is 1.74. The average Bonchev–Trinajstić information content (AvgIpc) is 2.74. The van der Waals surface area contributed by atoms with E-state index in [0.29, 0.717) is 18.7 Å². The van der Waals surface area contributed by atoms with Crippen LogP contribution in [0.15, 0.2) is 24.3 Å². The molecule has 0 radical (unpaired) electrons. The Labute approximate surface area is 101 Å². The first-order valence-electron chi connectivity index (χ1n) is 5.82. The van der Waals surface area contributed by atoms with E-state index in [1.165, 1.54) is 0 Å². The molecule has 92 valence electrons. The predicted molar refractivity (Wildman–Crippen MR) is 65.9 cm³/mol. The van der Waals surface area contributed by atoms with Gasteiger partial charge in [-0.25, -0.2) is 0 Å². The minimum Gasteiger partial charge on any atom is -0.390 e. The SMILES string of the molecule is Cc1ccc(C(=O)N(C)[C@H]2CNC[C@@H]2O)cc1. The Balaban J connectivity index is 2.11. The number of aliphatic hydroxyl groups is 1. The number of carbonyl (C=O) groups is 1. The standard InChI is InChI=1S/C13H18N2O2/c1-9-3-5-10(6-4-9)13(17)15(2)11-7-14-8-12(11)16/h3-6,11-12,14,16H,7-8H2,1-2H3/t11-,12-/m0/s1. The van der Waals surface area contributed by atoms with Crippen molar-refractivity contribution in [2.45, 2.75) is 19.1 Å². The molecule has 2 rings (SSSR count). The van der Waals surface area contributed by atoms with Gasteiger partial charge in [0, 0.05) is 25.7 Å². The van der Waals surface area contributed by atoms with Crippen LogP contribution in [0.3, 0.4) is 0 Å². The molecule has 1 heterocycles. The Morgan fingerprint density at radius 2 is 2.00 bits per heavy atom. The van der Waals surface area contributed by atoms with Crippen molar-refractivity contribution in [3.05, 3.63) is 35.4 Å². The molecule has 0 bridgehead atoms. The van der Waals surface area contributed by atoms with E-state index >= 15 is 0 Å². The summed E-state index contributed by atoms with van der Waals surface area (Å²) in [5, 5.41) is 12.8. The number of benzene rings is 1. The molecule has 2 atom stereocenters. The van der Waals surface area contributed by atoms with Gasteiger partial charge in [0.25, 0.3) is 5.91 Å². The van der Waals surface area contributed by atoms with E-state index < -0.39 is 6.10 Å². The third-order valence-electron chi connectivity index (χ3n) is 3.27. The molecule has 1 fully saturated rings. The molecular formula is C13H18N2O2. The molecule has 0 aromatic heterocycles. The largest absolute Gasteiger partial charge is 0.390 e. The van der Waals surface area contributed by atoms with Crippen molar-refractivity contribution in [1.29, 1.82) is 0 Å². The summed E-state index contributed by atoms with van der Waals surface area (Å²) < 4.78 is 0. The number of nitrogens with one attached hydrogen (secondary N) is 1. The highest BCUT2D eigenvalue weighted by molar-refractivity contribution is 5.94. The second kappa shape index (κ2) is 4.85. The molecular weight excluding hydrogens is 216 g/mol. The van der Waals surface area contributed by atoms with E-state index in [0.717, 1.165) is 5.56 Å². The molecule has 1 aromatic carbocycles. The fraction of sp³-hybridized carbons (Fsp3) is 0.462. The van der Waals surface area contributed by atoms with Crippen LogP contribution in [0, 0.1) is 6.92 Å². The highest BCUT2D eigenvalue weighted by Crippen LogP contribution is 2.12. The smallest absolute Gasteiger partial charge is 0.253 e. The van der Waals surface area contributed by atoms with Gasteiger partial charge in [-0.15, -0.1) is 0 Å². The lowest BCUT2D eigenvalue weighted by Crippen LogP contribution is -2.44. The monoisotopic (exact) mass is 234 g/mol. The van der Waals surface area contributed by atoms with E-state index in [1.807, 2.05) is 31.2 Å². The number of rotatable bonds is 2. The number of aliphatic hydroxyl groups excluding tert-OH is 1. The first-order valence-corrected chi connectivity index (χ1v) is 5.82. The van der Waals surface area contributed by atoms with E-state index in [-0.39, 0.29) is 11.9 Å². The number of β-amino-alcohol motifs (C(OH)–C–C–N with tert-alkyl or cyclic N) is 1. The number of likely N-dealkylation sites (N-methyl/N-ethyl adjacent to an activating group) is 1. The van der Waals surface area contributed by atoms with Gasteiger partial charge >= 0.3 is 0 Å². The van der Waals surface area contributed by atoms with Crippen molar-refractivity contribution in [1.82, 2.24) is 10.2 Å². The summed E-state index contributed by atoms with van der Waals surface area (Å²) in [6.45, 7) is 3.19. The lowest BCUT2D eigenvalue weighted by molar-refractivity contribution is 0.0581. The Hall–Kier alpha value is -1.39. The second-order valence-corrected chi connectivity index (χ2v) is 4.58. The molecule has 4 nitrogen and oxygen atoms in total. The van der Waals surface area contributed by atoms with Crippen molar-refractivity contribution in [3.63, 3.8) is 0 Å². The van der Waals surface area contributed by atoms with E-state index in [4.69, 9.17) is 0 Å². The predicted octanol–water partition coefficient (Wildman–Crippen LogP) is 0.400. The fourth-order valence-electron chi connectivity index (χ4n) is 2.10. The lowest BCUT2D eigenvalue weighted by Gasteiger charge is -2.26. The number of amides is 1. The van der Waals surface area contributed by atoms with Gasteiger partial charge in [-0.3, -0.25) is 4.79 Å². The maximum atomic E-state index is 12.2. The van der Waals surface area contributed by atoms with E-state index in [9.17, 15) is 9.90 Å². The number of carbonyl (C=O) groups excluding carboxylic acids is 1. The maximum Gasteiger partial charge on any atom is 0.253 e. The van der Waals surface area contributed by atoms with Crippen LogP contribution in [0.5, 0.6) is 0 Å². The van der Waals surface area contributed by atoms with Gasteiger partial charge in [0.1, 0.15) is 0 Å². The van der Waals surface area contributed by atoms with Gasteiger partial charge in [-0.1, -0.05) is 17.7 Å². The van der Waals surface area contributed by atoms with Crippen molar-refractivity contribution in [2.75, 3.05) is 20.1 Å². The molecule has 4 heteroatoms. The van der Waals surface area contributed by atoms with Gasteiger partial charge in [-0.05, 0) is 19.1 Å². The summed E-state index contributed by atoms with van der Waals surface area (Å²) in [5.74, 6) is -0.0437. The zero-order valence-electron chi connectivity index (χ0n) is 10.2. The van der Waals surface area contributed by atoms with E-state index in [2.05, 4.69) is 5.32 Å². The third-order valence-corrected chi connectivity index (χ3v) is 3.27. The van der Waals surface area contributed by atoms with Crippen LogP contribution in [-0.2, 0) is 0 Å². The molecule has 0 saturated carbocycles. The fourth-order valence-corrected chi connectivity index (χ4v) is 2.10. The highest BCUT2D eigenvalue weighted by atomic mass is 16.3. The van der Waals surface area contributed by atoms with Gasteiger partial charge in [0.05, 0.1) is 12.1 Å². The zero-order chi connectivity index (χ0) is 12.4. The van der Waals surface area contributed by atoms with E-state index in [1.54, 1.807) is 11.9 Å². The summed E-state index contributed by atoms with van der Waals surface area (Å²) in [6.07, 6.45) is -0.477. The quantitative estimate of drug-likeness (QED) is 0.779. The number of hydrogen-bond donors (Lipinski definition) is 2.